The SMILES string of the molecule is CCOC(=O)c1cc(S)c(I)c(Br)c1. The van der Waals surface area contributed by atoms with Crippen LogP contribution in [0.3, 0.4) is 0 Å². The molecule has 0 spiro atoms. The van der Waals surface area contributed by atoms with Gasteiger partial charge in [0.05, 0.1) is 12.2 Å². The smallest absolute Gasteiger partial charge is 0.338 e. The highest BCUT2D eigenvalue weighted by Crippen LogP contribution is 2.27. The number of benzene rings is 1. The Morgan fingerprint density at radius 2 is 2.29 bits per heavy atom. The second-order valence-electron chi connectivity index (χ2n) is 2.51. The zero-order valence-electron chi connectivity index (χ0n) is 7.38. The Balaban J connectivity index is 3.06. The Hall–Kier alpha value is 0.250. The van der Waals surface area contributed by atoms with Crippen LogP contribution in [0.2, 0.25) is 0 Å². The molecule has 0 atom stereocenters. The Labute approximate surface area is 110 Å². The van der Waals surface area contributed by atoms with Gasteiger partial charge in [-0.15, -0.1) is 12.6 Å². The summed E-state index contributed by atoms with van der Waals surface area (Å²) >= 11 is 9.76. The van der Waals surface area contributed by atoms with Crippen LogP contribution in [0.1, 0.15) is 17.3 Å². The Morgan fingerprint density at radius 3 is 2.79 bits per heavy atom. The van der Waals surface area contributed by atoms with Gasteiger partial charge < -0.3 is 4.74 Å². The number of hydrogen-bond donors (Lipinski definition) is 1. The van der Waals surface area contributed by atoms with Gasteiger partial charge >= 0.3 is 5.97 Å². The van der Waals surface area contributed by atoms with Crippen molar-refractivity contribution < 1.29 is 9.53 Å². The summed E-state index contributed by atoms with van der Waals surface area (Å²) in [6, 6.07) is 3.44. The summed E-state index contributed by atoms with van der Waals surface area (Å²) in [7, 11) is 0. The highest BCUT2D eigenvalue weighted by Gasteiger charge is 2.10. The van der Waals surface area contributed by atoms with E-state index in [4.69, 9.17) is 4.74 Å². The van der Waals surface area contributed by atoms with Gasteiger partial charge in [-0.25, -0.2) is 4.79 Å². The van der Waals surface area contributed by atoms with Gasteiger partial charge in [-0.05, 0) is 57.6 Å². The van der Waals surface area contributed by atoms with Gasteiger partial charge in [0, 0.05) is 12.9 Å². The third-order valence-electron chi connectivity index (χ3n) is 1.52. The minimum absolute atomic E-state index is 0.320. The van der Waals surface area contributed by atoms with Crippen molar-refractivity contribution in [2.45, 2.75) is 11.8 Å². The number of carbonyl (C=O) groups is 1. The number of rotatable bonds is 2. The molecule has 1 aromatic carbocycles. The van der Waals surface area contributed by atoms with Crippen molar-refractivity contribution in [1.29, 1.82) is 0 Å². The lowest BCUT2D eigenvalue weighted by Crippen LogP contribution is -2.05. The molecule has 0 aromatic heterocycles. The molecule has 0 saturated heterocycles. The Morgan fingerprint density at radius 1 is 1.64 bits per heavy atom. The van der Waals surface area contributed by atoms with Crippen molar-refractivity contribution in [3.05, 3.63) is 25.7 Å². The van der Waals surface area contributed by atoms with Crippen LogP contribution in [0.15, 0.2) is 21.5 Å². The van der Waals surface area contributed by atoms with E-state index in [2.05, 4.69) is 51.1 Å². The molecule has 0 aliphatic heterocycles. The van der Waals surface area contributed by atoms with Gasteiger partial charge in [0.25, 0.3) is 0 Å². The molecule has 2 nitrogen and oxygen atoms in total. The van der Waals surface area contributed by atoms with E-state index in [1.165, 1.54) is 0 Å². The second kappa shape index (κ2) is 5.37. The fraction of sp³-hybridized carbons (Fsp3) is 0.222. The summed E-state index contributed by atoms with van der Waals surface area (Å²) < 4.78 is 6.72. The third-order valence-corrected chi connectivity index (χ3v) is 4.83. The number of halogens is 2. The first-order valence-electron chi connectivity index (χ1n) is 3.91. The number of esters is 1. The van der Waals surface area contributed by atoms with Crippen molar-refractivity contribution in [2.75, 3.05) is 6.61 Å². The summed E-state index contributed by atoms with van der Waals surface area (Å²) in [4.78, 5) is 12.1. The van der Waals surface area contributed by atoms with E-state index in [9.17, 15) is 4.79 Å². The minimum atomic E-state index is -0.320. The molecule has 0 bridgehead atoms. The van der Waals surface area contributed by atoms with Crippen LogP contribution < -0.4 is 0 Å². The number of hydrogen-bond acceptors (Lipinski definition) is 3. The van der Waals surface area contributed by atoms with Gasteiger partial charge in [-0.3, -0.25) is 0 Å². The average molecular weight is 387 g/mol. The van der Waals surface area contributed by atoms with E-state index in [1.54, 1.807) is 19.1 Å². The normalized spacial score (nSPS) is 10.0. The monoisotopic (exact) mass is 386 g/mol. The summed E-state index contributed by atoms with van der Waals surface area (Å²) in [6.45, 7) is 2.16. The topological polar surface area (TPSA) is 26.3 Å². The van der Waals surface area contributed by atoms with Gasteiger partial charge in [0.15, 0.2) is 0 Å². The van der Waals surface area contributed by atoms with Gasteiger partial charge in [0.1, 0.15) is 0 Å². The van der Waals surface area contributed by atoms with E-state index in [0.717, 1.165) is 12.9 Å². The molecule has 0 unspecified atom stereocenters. The maximum atomic E-state index is 11.4. The molecular weight excluding hydrogens is 379 g/mol. The van der Waals surface area contributed by atoms with E-state index < -0.39 is 0 Å². The van der Waals surface area contributed by atoms with Crippen LogP contribution in [-0.2, 0) is 4.74 Å². The van der Waals surface area contributed by atoms with Crippen molar-refractivity contribution in [3.63, 3.8) is 0 Å². The highest BCUT2D eigenvalue weighted by atomic mass is 127. The fourth-order valence-corrected chi connectivity index (χ4v) is 2.09. The van der Waals surface area contributed by atoms with Crippen molar-refractivity contribution in [1.82, 2.24) is 0 Å². The van der Waals surface area contributed by atoms with Gasteiger partial charge in [-0.2, -0.15) is 0 Å². The first kappa shape index (κ1) is 12.3. The molecule has 0 heterocycles. The van der Waals surface area contributed by atoms with Crippen LogP contribution in [0.4, 0.5) is 0 Å². The first-order valence-corrected chi connectivity index (χ1v) is 6.23. The third kappa shape index (κ3) is 2.87. The lowest BCUT2D eigenvalue weighted by molar-refractivity contribution is 0.0526. The molecule has 76 valence electrons. The highest BCUT2D eigenvalue weighted by molar-refractivity contribution is 14.1. The first-order chi connectivity index (χ1) is 6.56. The summed E-state index contributed by atoms with van der Waals surface area (Å²) in [5.74, 6) is -0.320. The van der Waals surface area contributed by atoms with Crippen LogP contribution in [0.25, 0.3) is 0 Å². The maximum Gasteiger partial charge on any atom is 0.338 e. The van der Waals surface area contributed by atoms with Crippen LogP contribution in [0, 0.1) is 3.57 Å². The molecule has 1 aromatic rings. The predicted octanol–water partition coefficient (Wildman–Crippen LogP) is 3.52. The van der Waals surface area contributed by atoms with Crippen LogP contribution in [0.5, 0.6) is 0 Å². The lowest BCUT2D eigenvalue weighted by atomic mass is 10.2. The standard InChI is InChI=1S/C9H8BrIO2S/c1-2-13-9(12)5-3-6(10)8(11)7(14)4-5/h3-4,14H,2H2,1H3. The summed E-state index contributed by atoms with van der Waals surface area (Å²) in [6.07, 6.45) is 0. The molecule has 0 radical (unpaired) electrons. The van der Waals surface area contributed by atoms with Crippen LogP contribution in [-0.4, -0.2) is 12.6 Å². The number of carbonyl (C=O) groups excluding carboxylic acids is 1. The summed E-state index contributed by atoms with van der Waals surface area (Å²) in [5, 5.41) is 0. The molecule has 0 fully saturated rings. The zero-order valence-corrected chi connectivity index (χ0v) is 12.0. The molecule has 0 saturated carbocycles. The molecule has 0 N–H and O–H groups in total. The minimum Gasteiger partial charge on any atom is -0.462 e. The number of ether oxygens (including phenoxy) is 1. The fourth-order valence-electron chi connectivity index (χ4n) is 0.907. The molecule has 0 amide bonds. The lowest BCUT2D eigenvalue weighted by Gasteiger charge is -2.05. The molecule has 5 heteroatoms. The second-order valence-corrected chi connectivity index (χ2v) is 4.93. The van der Waals surface area contributed by atoms with E-state index in [-0.39, 0.29) is 5.97 Å². The zero-order chi connectivity index (χ0) is 10.7. The molecule has 0 aliphatic rings. The molecule has 14 heavy (non-hydrogen) atoms. The molecule has 0 aliphatic carbocycles. The van der Waals surface area contributed by atoms with Gasteiger partial charge in [-0.1, -0.05) is 0 Å². The maximum absolute atomic E-state index is 11.4. The molecule has 1 rings (SSSR count). The number of thiol groups is 1. The average Bonchev–Trinajstić information content (AvgIpc) is 2.13. The largest absolute Gasteiger partial charge is 0.462 e. The van der Waals surface area contributed by atoms with E-state index in [0.29, 0.717) is 12.2 Å². The van der Waals surface area contributed by atoms with Crippen molar-refractivity contribution >= 4 is 57.1 Å². The van der Waals surface area contributed by atoms with E-state index >= 15 is 0 Å². The molecular formula is C9H8BrIO2S. The van der Waals surface area contributed by atoms with Gasteiger partial charge in [0.2, 0.25) is 0 Å². The predicted molar refractivity (Wildman–Crippen MR) is 70.1 cm³/mol. The Kier molecular flexibility index (Phi) is 4.72. The quantitative estimate of drug-likeness (QED) is 0.478. The van der Waals surface area contributed by atoms with Crippen molar-refractivity contribution in [2.24, 2.45) is 0 Å². The Bertz CT molecular complexity index is 345. The van der Waals surface area contributed by atoms with Crippen molar-refractivity contribution in [3.8, 4) is 0 Å². The van der Waals surface area contributed by atoms with E-state index in [1.807, 2.05) is 0 Å². The summed E-state index contributed by atoms with van der Waals surface area (Å²) in [5.41, 5.74) is 0.518. The van der Waals surface area contributed by atoms with Crippen LogP contribution >= 0.6 is 51.1 Å².